The van der Waals surface area contributed by atoms with Gasteiger partial charge < -0.3 is 10.6 Å². The molecule has 0 saturated heterocycles. The Hall–Kier alpha value is -3.35. The van der Waals surface area contributed by atoms with Crippen LogP contribution in [0.3, 0.4) is 0 Å². The van der Waals surface area contributed by atoms with E-state index in [-0.39, 0.29) is 30.5 Å². The Morgan fingerprint density at radius 1 is 0.962 bits per heavy atom. The molecule has 0 aliphatic carbocycles. The quantitative estimate of drug-likeness (QED) is 0.725. The zero-order chi connectivity index (χ0) is 18.7. The van der Waals surface area contributed by atoms with Crippen LogP contribution in [0.15, 0.2) is 53.3 Å². The number of amides is 2. The highest BCUT2D eigenvalue weighted by Crippen LogP contribution is 2.13. The summed E-state index contributed by atoms with van der Waals surface area (Å²) in [5, 5.41) is 5.34. The molecule has 7 nitrogen and oxygen atoms in total. The number of hydrogen-bond acceptors (Lipinski definition) is 3. The Morgan fingerprint density at radius 3 is 2.27 bits per heavy atom. The van der Waals surface area contributed by atoms with E-state index in [9.17, 15) is 14.4 Å². The number of benzene rings is 2. The molecule has 1 aromatic heterocycles. The first-order valence-electron chi connectivity index (χ1n) is 8.23. The molecule has 2 N–H and O–H groups in total. The van der Waals surface area contributed by atoms with Gasteiger partial charge in [0.15, 0.2) is 0 Å². The van der Waals surface area contributed by atoms with Crippen LogP contribution >= 0.6 is 0 Å². The molecule has 0 fully saturated rings. The predicted octanol–water partition coefficient (Wildman–Crippen LogP) is 1.27. The van der Waals surface area contributed by atoms with E-state index >= 15 is 0 Å². The molecule has 3 rings (SSSR count). The molecule has 0 bridgehead atoms. The molecule has 0 radical (unpaired) electrons. The van der Waals surface area contributed by atoms with Crippen LogP contribution in [0.5, 0.6) is 0 Å². The van der Waals surface area contributed by atoms with Crippen LogP contribution < -0.4 is 16.3 Å². The smallest absolute Gasteiger partial charge is 0.329 e. The maximum Gasteiger partial charge on any atom is 0.329 e. The number of carbonyl (C=O) groups excluding carboxylic acids is 2. The van der Waals surface area contributed by atoms with Gasteiger partial charge in [-0.3, -0.25) is 18.7 Å². The van der Waals surface area contributed by atoms with Crippen molar-refractivity contribution in [2.45, 2.75) is 13.0 Å². The third-order valence-corrected chi connectivity index (χ3v) is 4.23. The Bertz CT molecular complexity index is 1020. The van der Waals surface area contributed by atoms with E-state index in [2.05, 4.69) is 10.6 Å². The number of likely N-dealkylation sites (N-methyl/N-ethyl adjacent to an activating group) is 1. The van der Waals surface area contributed by atoms with Gasteiger partial charge in [0.2, 0.25) is 11.8 Å². The number of nitrogens with one attached hydrogen (secondary N) is 2. The van der Waals surface area contributed by atoms with Crippen LogP contribution in [0.1, 0.15) is 5.56 Å². The van der Waals surface area contributed by atoms with Gasteiger partial charge in [0.05, 0.1) is 17.5 Å². The van der Waals surface area contributed by atoms with Crippen molar-refractivity contribution < 1.29 is 9.59 Å². The number of anilines is 1. The van der Waals surface area contributed by atoms with Crippen molar-refractivity contribution in [3.05, 3.63) is 64.6 Å². The number of rotatable bonds is 5. The van der Waals surface area contributed by atoms with E-state index < -0.39 is 0 Å². The van der Waals surface area contributed by atoms with Gasteiger partial charge in [-0.2, -0.15) is 0 Å². The van der Waals surface area contributed by atoms with Crippen LogP contribution in [-0.2, 0) is 29.6 Å². The molecule has 0 spiro atoms. The number of imidazole rings is 1. The topological polar surface area (TPSA) is 85.1 Å². The SMILES string of the molecule is CNC(=O)Cc1ccc(NC(=O)Cn2c(=O)n(C)c3ccccc32)cc1. The maximum absolute atomic E-state index is 12.4. The van der Waals surface area contributed by atoms with Gasteiger partial charge in [0.25, 0.3) is 0 Å². The summed E-state index contributed by atoms with van der Waals surface area (Å²) in [4.78, 5) is 36.1. The molecule has 2 amide bonds. The summed E-state index contributed by atoms with van der Waals surface area (Å²) in [6.07, 6.45) is 0.288. The van der Waals surface area contributed by atoms with E-state index in [1.54, 1.807) is 38.4 Å². The number of hydrogen-bond donors (Lipinski definition) is 2. The van der Waals surface area contributed by atoms with Crippen LogP contribution in [0.25, 0.3) is 11.0 Å². The second kappa shape index (κ2) is 7.26. The fraction of sp³-hybridized carbons (Fsp3) is 0.211. The highest BCUT2D eigenvalue weighted by atomic mass is 16.2. The summed E-state index contributed by atoms with van der Waals surface area (Å²) >= 11 is 0. The Balaban J connectivity index is 1.73. The van der Waals surface area contributed by atoms with Gasteiger partial charge in [-0.15, -0.1) is 0 Å². The van der Waals surface area contributed by atoms with Crippen molar-refractivity contribution >= 4 is 28.5 Å². The lowest BCUT2D eigenvalue weighted by molar-refractivity contribution is -0.120. The number of carbonyl (C=O) groups is 2. The largest absolute Gasteiger partial charge is 0.359 e. The number of nitrogens with zero attached hydrogens (tertiary/aromatic N) is 2. The minimum atomic E-state index is -0.289. The van der Waals surface area contributed by atoms with Crippen molar-refractivity contribution in [1.82, 2.24) is 14.5 Å². The van der Waals surface area contributed by atoms with Gasteiger partial charge >= 0.3 is 5.69 Å². The summed E-state index contributed by atoms with van der Waals surface area (Å²) in [6, 6.07) is 14.4. The minimum absolute atomic E-state index is 0.0693. The number of para-hydroxylation sites is 2. The lowest BCUT2D eigenvalue weighted by Crippen LogP contribution is -2.28. The molecule has 3 aromatic rings. The van der Waals surface area contributed by atoms with Gasteiger partial charge in [-0.05, 0) is 29.8 Å². The zero-order valence-electron chi connectivity index (χ0n) is 14.7. The van der Waals surface area contributed by atoms with Gasteiger partial charge in [0, 0.05) is 19.8 Å². The highest BCUT2D eigenvalue weighted by molar-refractivity contribution is 5.91. The fourth-order valence-corrected chi connectivity index (χ4v) is 2.84. The summed E-state index contributed by atoms with van der Waals surface area (Å²) in [7, 11) is 3.27. The van der Waals surface area contributed by atoms with E-state index in [4.69, 9.17) is 0 Å². The molecule has 0 aliphatic heterocycles. The van der Waals surface area contributed by atoms with Gasteiger partial charge in [0.1, 0.15) is 6.54 Å². The summed E-state index contributed by atoms with van der Waals surface area (Å²) in [6.45, 7) is -0.0693. The Kier molecular flexibility index (Phi) is 4.88. The van der Waals surface area contributed by atoms with Crippen molar-refractivity contribution in [1.29, 1.82) is 0 Å². The first-order chi connectivity index (χ1) is 12.5. The molecular formula is C19H20N4O3. The Morgan fingerprint density at radius 2 is 1.62 bits per heavy atom. The molecule has 7 heteroatoms. The van der Waals surface area contributed by atoms with Crippen LogP contribution in [0.2, 0.25) is 0 Å². The predicted molar refractivity (Wildman–Crippen MR) is 100 cm³/mol. The third kappa shape index (κ3) is 3.51. The number of aromatic nitrogens is 2. The van der Waals surface area contributed by atoms with Crippen LogP contribution in [-0.4, -0.2) is 28.0 Å². The second-order valence-electron chi connectivity index (χ2n) is 6.01. The fourth-order valence-electron chi connectivity index (χ4n) is 2.84. The van der Waals surface area contributed by atoms with Crippen molar-refractivity contribution in [3.8, 4) is 0 Å². The normalized spacial score (nSPS) is 10.7. The van der Waals surface area contributed by atoms with Gasteiger partial charge in [-0.25, -0.2) is 4.79 Å². The maximum atomic E-state index is 12.4. The molecule has 26 heavy (non-hydrogen) atoms. The monoisotopic (exact) mass is 352 g/mol. The second-order valence-corrected chi connectivity index (χ2v) is 6.01. The first-order valence-corrected chi connectivity index (χ1v) is 8.23. The van der Waals surface area contributed by atoms with E-state index in [1.165, 1.54) is 9.13 Å². The standard InChI is InChI=1S/C19H20N4O3/c1-20-17(24)11-13-7-9-14(10-8-13)21-18(25)12-23-16-6-4-3-5-15(16)22(2)19(23)26/h3-10H,11-12H2,1-2H3,(H,20,24)(H,21,25). The highest BCUT2D eigenvalue weighted by Gasteiger charge is 2.13. The van der Waals surface area contributed by atoms with Crippen molar-refractivity contribution in [3.63, 3.8) is 0 Å². The van der Waals surface area contributed by atoms with Gasteiger partial charge in [-0.1, -0.05) is 24.3 Å². The number of fused-ring (bicyclic) bond motifs is 1. The molecule has 1 heterocycles. The molecule has 0 saturated carbocycles. The first kappa shape index (κ1) is 17.5. The Labute approximate surface area is 150 Å². The summed E-state index contributed by atoms with van der Waals surface area (Å²) in [5.41, 5.74) is 2.73. The average molecular weight is 352 g/mol. The third-order valence-electron chi connectivity index (χ3n) is 4.23. The van der Waals surface area contributed by atoms with Crippen LogP contribution in [0.4, 0.5) is 5.69 Å². The van der Waals surface area contributed by atoms with E-state index in [0.717, 1.165) is 16.6 Å². The lowest BCUT2D eigenvalue weighted by Gasteiger charge is -2.07. The zero-order valence-corrected chi connectivity index (χ0v) is 14.7. The molecule has 2 aromatic carbocycles. The molecule has 134 valence electrons. The van der Waals surface area contributed by atoms with Crippen molar-refractivity contribution in [2.75, 3.05) is 12.4 Å². The molecule has 0 atom stereocenters. The summed E-state index contributed by atoms with van der Waals surface area (Å²) < 4.78 is 2.97. The lowest BCUT2D eigenvalue weighted by atomic mass is 10.1. The van der Waals surface area contributed by atoms with Crippen LogP contribution in [0, 0.1) is 0 Å². The van der Waals surface area contributed by atoms with Crippen molar-refractivity contribution in [2.24, 2.45) is 7.05 Å². The molecular weight excluding hydrogens is 332 g/mol. The summed E-state index contributed by atoms with van der Waals surface area (Å²) in [5.74, 6) is -0.361. The minimum Gasteiger partial charge on any atom is -0.359 e. The van der Waals surface area contributed by atoms with E-state index in [1.807, 2.05) is 24.3 Å². The average Bonchev–Trinajstić information content (AvgIpc) is 2.88. The van der Waals surface area contributed by atoms with E-state index in [0.29, 0.717) is 5.69 Å². The molecule has 0 aliphatic rings. The molecule has 0 unspecified atom stereocenters. The number of aryl methyl sites for hydroxylation is 1.